The fraction of sp³-hybridized carbons (Fsp3) is 0. The van der Waals surface area contributed by atoms with Crippen LogP contribution in [0.1, 0.15) is 0 Å². The van der Waals surface area contributed by atoms with Crippen LogP contribution in [0.15, 0.2) is 36.4 Å². The number of halogens is 1. The van der Waals surface area contributed by atoms with E-state index in [1.54, 1.807) is 11.3 Å². The monoisotopic (exact) mass is 261 g/mol. The average Bonchev–Trinajstić information content (AvgIpc) is 2.74. The second-order valence-electron chi connectivity index (χ2n) is 3.57. The molecule has 1 aromatic carbocycles. The smallest absolute Gasteiger partial charge is 0.225 e. The minimum absolute atomic E-state index is 0.191. The minimum atomic E-state index is 0.191. The number of thiophene rings is 1. The largest absolute Gasteiger partial charge is 0.383 e. The number of fused-ring (bicyclic) bond motifs is 1. The van der Waals surface area contributed by atoms with Gasteiger partial charge in [0.15, 0.2) is 0 Å². The summed E-state index contributed by atoms with van der Waals surface area (Å²) in [6.45, 7) is 0. The van der Waals surface area contributed by atoms with Gasteiger partial charge in [-0.3, -0.25) is 0 Å². The van der Waals surface area contributed by atoms with Crippen molar-refractivity contribution in [2.24, 2.45) is 0 Å². The fourth-order valence-electron chi connectivity index (χ4n) is 1.66. The van der Waals surface area contributed by atoms with Crippen molar-refractivity contribution in [2.75, 3.05) is 5.73 Å². The maximum atomic E-state index is 5.82. The van der Waals surface area contributed by atoms with Crippen LogP contribution in [0.5, 0.6) is 0 Å². The van der Waals surface area contributed by atoms with Crippen LogP contribution < -0.4 is 5.73 Å². The van der Waals surface area contributed by atoms with Gasteiger partial charge in [0, 0.05) is 4.88 Å². The molecule has 0 amide bonds. The molecule has 0 saturated heterocycles. The predicted molar refractivity (Wildman–Crippen MR) is 72.3 cm³/mol. The molecule has 0 atom stereocenters. The van der Waals surface area contributed by atoms with Crippen molar-refractivity contribution in [3.8, 4) is 10.4 Å². The molecular weight excluding hydrogens is 254 g/mol. The zero-order valence-corrected chi connectivity index (χ0v) is 10.3. The number of rotatable bonds is 1. The van der Waals surface area contributed by atoms with E-state index < -0.39 is 0 Å². The van der Waals surface area contributed by atoms with E-state index in [2.05, 4.69) is 22.1 Å². The Morgan fingerprint density at radius 1 is 1.12 bits per heavy atom. The molecule has 0 bridgehead atoms. The van der Waals surface area contributed by atoms with Crippen LogP contribution in [0.4, 0.5) is 5.82 Å². The molecule has 3 rings (SSSR count). The summed E-state index contributed by atoms with van der Waals surface area (Å²) >= 11 is 7.35. The second-order valence-corrected chi connectivity index (χ2v) is 4.94. The van der Waals surface area contributed by atoms with E-state index in [0.29, 0.717) is 5.82 Å². The van der Waals surface area contributed by atoms with E-state index in [1.165, 1.54) is 0 Å². The number of hydrogen-bond donors (Lipinski definition) is 1. The van der Waals surface area contributed by atoms with Gasteiger partial charge in [0.25, 0.3) is 0 Å². The Morgan fingerprint density at radius 3 is 2.65 bits per heavy atom. The van der Waals surface area contributed by atoms with Crippen molar-refractivity contribution in [2.45, 2.75) is 0 Å². The molecule has 0 spiro atoms. The lowest BCUT2D eigenvalue weighted by molar-refractivity contribution is 1.24. The van der Waals surface area contributed by atoms with Crippen molar-refractivity contribution in [1.82, 2.24) is 9.97 Å². The Balaban J connectivity index is 2.24. The molecule has 0 fully saturated rings. The Morgan fingerprint density at radius 2 is 1.88 bits per heavy atom. The molecule has 17 heavy (non-hydrogen) atoms. The molecule has 2 aromatic heterocycles. The first-order chi connectivity index (χ1) is 8.24. The van der Waals surface area contributed by atoms with Crippen LogP contribution in [0.25, 0.3) is 20.7 Å². The Labute approximate surface area is 107 Å². The molecule has 0 radical (unpaired) electrons. The average molecular weight is 262 g/mol. The van der Waals surface area contributed by atoms with Crippen LogP contribution >= 0.6 is 22.9 Å². The van der Waals surface area contributed by atoms with Crippen LogP contribution in [0, 0.1) is 0 Å². The van der Waals surface area contributed by atoms with E-state index in [4.69, 9.17) is 17.3 Å². The summed E-state index contributed by atoms with van der Waals surface area (Å²) in [4.78, 5) is 10.1. The van der Waals surface area contributed by atoms with Crippen molar-refractivity contribution in [3.63, 3.8) is 0 Å². The molecule has 3 aromatic rings. The molecule has 5 heteroatoms. The lowest BCUT2D eigenvalue weighted by Crippen LogP contribution is -1.92. The van der Waals surface area contributed by atoms with Gasteiger partial charge < -0.3 is 5.73 Å². The number of nitrogens with zero attached hydrogens (tertiary/aromatic N) is 2. The van der Waals surface area contributed by atoms with Gasteiger partial charge >= 0.3 is 0 Å². The van der Waals surface area contributed by atoms with Gasteiger partial charge in [0.1, 0.15) is 10.6 Å². The first kappa shape index (κ1) is 10.5. The summed E-state index contributed by atoms with van der Waals surface area (Å²) in [6, 6.07) is 12.1. The van der Waals surface area contributed by atoms with Crippen LogP contribution in [0.2, 0.25) is 5.28 Å². The topological polar surface area (TPSA) is 51.8 Å². The summed E-state index contributed by atoms with van der Waals surface area (Å²) in [7, 11) is 0. The first-order valence-electron chi connectivity index (χ1n) is 5.02. The van der Waals surface area contributed by atoms with Gasteiger partial charge in [0.05, 0.1) is 5.39 Å². The van der Waals surface area contributed by atoms with E-state index in [-0.39, 0.29) is 5.28 Å². The van der Waals surface area contributed by atoms with Gasteiger partial charge in [-0.25, -0.2) is 9.97 Å². The van der Waals surface area contributed by atoms with E-state index in [0.717, 1.165) is 20.7 Å². The molecule has 2 N–H and O–H groups in total. The highest BCUT2D eigenvalue weighted by Gasteiger charge is 2.09. The van der Waals surface area contributed by atoms with Crippen LogP contribution in [0.3, 0.4) is 0 Å². The number of aromatic nitrogens is 2. The maximum Gasteiger partial charge on any atom is 0.225 e. The van der Waals surface area contributed by atoms with Gasteiger partial charge in [-0.2, -0.15) is 0 Å². The van der Waals surface area contributed by atoms with Crippen molar-refractivity contribution in [1.29, 1.82) is 0 Å². The van der Waals surface area contributed by atoms with E-state index in [1.807, 2.05) is 24.3 Å². The van der Waals surface area contributed by atoms with Gasteiger partial charge in [0.2, 0.25) is 5.28 Å². The van der Waals surface area contributed by atoms with Crippen molar-refractivity contribution >= 4 is 39.0 Å². The SMILES string of the molecule is Nc1nc(Cl)nc2sc(-c3ccccc3)cc12. The molecule has 0 unspecified atom stereocenters. The summed E-state index contributed by atoms with van der Waals surface area (Å²) in [5.41, 5.74) is 6.96. The molecule has 3 nitrogen and oxygen atoms in total. The quantitative estimate of drug-likeness (QED) is 0.681. The Bertz CT molecular complexity index is 679. The molecular formula is C12H8ClN3S. The highest BCUT2D eigenvalue weighted by Crippen LogP contribution is 2.34. The van der Waals surface area contributed by atoms with Gasteiger partial charge in [-0.1, -0.05) is 30.3 Å². The molecule has 0 aliphatic carbocycles. The van der Waals surface area contributed by atoms with Crippen molar-refractivity contribution in [3.05, 3.63) is 41.7 Å². The Hall–Kier alpha value is -1.65. The maximum absolute atomic E-state index is 5.82. The molecule has 84 valence electrons. The van der Waals surface area contributed by atoms with E-state index in [9.17, 15) is 0 Å². The standard InChI is InChI=1S/C12H8ClN3S/c13-12-15-10(14)8-6-9(17-11(8)16-12)7-4-2-1-3-5-7/h1-6H,(H2,14,15,16). The van der Waals surface area contributed by atoms with Gasteiger partial charge in [-0.15, -0.1) is 11.3 Å². The number of anilines is 1. The predicted octanol–water partition coefficient (Wildman–Crippen LogP) is 3.59. The van der Waals surface area contributed by atoms with Crippen LogP contribution in [-0.4, -0.2) is 9.97 Å². The lowest BCUT2D eigenvalue weighted by Gasteiger charge is -1.94. The fourth-order valence-corrected chi connectivity index (χ4v) is 2.93. The normalized spacial score (nSPS) is 10.9. The number of hydrogen-bond acceptors (Lipinski definition) is 4. The number of benzene rings is 1. The summed E-state index contributed by atoms with van der Waals surface area (Å²) in [5, 5.41) is 1.05. The zero-order chi connectivity index (χ0) is 11.8. The third-order valence-electron chi connectivity index (χ3n) is 2.45. The summed E-state index contributed by atoms with van der Waals surface area (Å²) in [5.74, 6) is 0.429. The molecule has 2 heterocycles. The first-order valence-corrected chi connectivity index (χ1v) is 6.21. The number of nitrogens with two attached hydrogens (primary N) is 1. The van der Waals surface area contributed by atoms with Crippen LogP contribution in [-0.2, 0) is 0 Å². The van der Waals surface area contributed by atoms with Crippen molar-refractivity contribution < 1.29 is 0 Å². The summed E-state index contributed by atoms with van der Waals surface area (Å²) < 4.78 is 0. The minimum Gasteiger partial charge on any atom is -0.383 e. The lowest BCUT2D eigenvalue weighted by atomic mass is 10.2. The number of nitrogen functional groups attached to an aromatic ring is 1. The van der Waals surface area contributed by atoms with Gasteiger partial charge in [-0.05, 0) is 23.2 Å². The summed E-state index contributed by atoms with van der Waals surface area (Å²) in [6.07, 6.45) is 0. The zero-order valence-electron chi connectivity index (χ0n) is 8.72. The molecule has 0 saturated carbocycles. The second kappa shape index (κ2) is 3.98. The highest BCUT2D eigenvalue weighted by molar-refractivity contribution is 7.21. The highest BCUT2D eigenvalue weighted by atomic mass is 35.5. The van der Waals surface area contributed by atoms with E-state index >= 15 is 0 Å². The molecule has 0 aliphatic heterocycles. The Kier molecular flexibility index (Phi) is 2.46. The third kappa shape index (κ3) is 1.85. The third-order valence-corrected chi connectivity index (χ3v) is 3.70. The molecule has 0 aliphatic rings.